The summed E-state index contributed by atoms with van der Waals surface area (Å²) in [5, 5.41) is 4.65. The largest absolute Gasteiger partial charge is 0.488 e. The molecule has 0 spiro atoms. The minimum absolute atomic E-state index is 0.241. The number of fused-ring (bicyclic) bond motifs is 3. The fraction of sp³-hybridized carbons (Fsp3) is 0.0526. The highest BCUT2D eigenvalue weighted by atomic mass is 35.5. The number of ether oxygens (including phenoxy) is 1. The van der Waals surface area contributed by atoms with Gasteiger partial charge in [0.2, 0.25) is 0 Å². The van der Waals surface area contributed by atoms with E-state index in [0.717, 1.165) is 27.3 Å². The van der Waals surface area contributed by atoms with Gasteiger partial charge in [-0.25, -0.2) is 5.43 Å². The maximum atomic E-state index is 12.4. The van der Waals surface area contributed by atoms with E-state index in [-0.39, 0.29) is 5.91 Å². The van der Waals surface area contributed by atoms with Gasteiger partial charge in [-0.3, -0.25) is 4.79 Å². The first-order valence-corrected chi connectivity index (χ1v) is 8.84. The number of carbonyl (C=O) groups excluding carboxylic acids is 1. The molecular formula is C19H13ClN2O2S. The summed E-state index contributed by atoms with van der Waals surface area (Å²) in [6, 6.07) is 16.9. The van der Waals surface area contributed by atoms with Crippen LogP contribution in [0.15, 0.2) is 59.7 Å². The molecule has 6 heteroatoms. The van der Waals surface area contributed by atoms with Crippen LogP contribution in [-0.2, 0) is 6.61 Å². The van der Waals surface area contributed by atoms with E-state index in [9.17, 15) is 4.79 Å². The van der Waals surface area contributed by atoms with E-state index in [1.165, 1.54) is 11.3 Å². The van der Waals surface area contributed by atoms with Crippen LogP contribution in [0.1, 0.15) is 20.8 Å². The van der Waals surface area contributed by atoms with Crippen LogP contribution in [0.4, 0.5) is 0 Å². The number of hydrogen-bond acceptors (Lipinski definition) is 4. The second-order valence-corrected chi connectivity index (χ2v) is 6.99. The number of thiophene rings is 1. The number of rotatable bonds is 3. The minimum Gasteiger partial charge on any atom is -0.488 e. The zero-order valence-corrected chi connectivity index (χ0v) is 14.6. The van der Waals surface area contributed by atoms with Gasteiger partial charge in [0, 0.05) is 21.0 Å². The summed E-state index contributed by atoms with van der Waals surface area (Å²) in [6.07, 6.45) is 1.61. The van der Waals surface area contributed by atoms with Crippen molar-refractivity contribution in [2.75, 3.05) is 0 Å². The van der Waals surface area contributed by atoms with E-state index < -0.39 is 0 Å². The van der Waals surface area contributed by atoms with Gasteiger partial charge in [0.15, 0.2) is 0 Å². The fourth-order valence-corrected chi connectivity index (χ4v) is 3.85. The molecule has 2 aromatic carbocycles. The molecule has 4 nitrogen and oxygen atoms in total. The Labute approximate surface area is 153 Å². The van der Waals surface area contributed by atoms with Crippen LogP contribution in [0.2, 0.25) is 5.02 Å². The number of nitrogens with one attached hydrogen (secondary N) is 1. The van der Waals surface area contributed by atoms with Gasteiger partial charge >= 0.3 is 0 Å². The normalized spacial score (nSPS) is 12.4. The van der Waals surface area contributed by atoms with Crippen LogP contribution < -0.4 is 10.2 Å². The third kappa shape index (κ3) is 3.29. The Morgan fingerprint density at radius 2 is 2.04 bits per heavy atom. The average Bonchev–Trinajstić information content (AvgIpc) is 3.07. The van der Waals surface area contributed by atoms with Crippen molar-refractivity contribution in [2.24, 2.45) is 5.10 Å². The molecule has 25 heavy (non-hydrogen) atoms. The number of hydrazone groups is 1. The van der Waals surface area contributed by atoms with E-state index in [1.807, 2.05) is 48.5 Å². The minimum atomic E-state index is -0.241. The van der Waals surface area contributed by atoms with Gasteiger partial charge in [-0.2, -0.15) is 5.10 Å². The molecule has 0 atom stereocenters. The molecule has 0 aliphatic carbocycles. The van der Waals surface area contributed by atoms with Gasteiger partial charge in [-0.1, -0.05) is 41.9 Å². The SMILES string of the molecule is O=C(N/N=C/c1ccccc1)c1cc2c(s1)-c1cc(Cl)ccc1OC2. The quantitative estimate of drug-likeness (QED) is 0.537. The summed E-state index contributed by atoms with van der Waals surface area (Å²) >= 11 is 7.51. The molecule has 124 valence electrons. The molecule has 0 saturated heterocycles. The van der Waals surface area contributed by atoms with Crippen molar-refractivity contribution in [2.45, 2.75) is 6.61 Å². The molecule has 3 aromatic rings. The van der Waals surface area contributed by atoms with Crippen LogP contribution in [0.5, 0.6) is 5.75 Å². The lowest BCUT2D eigenvalue weighted by atomic mass is 10.1. The van der Waals surface area contributed by atoms with Gasteiger partial charge in [0.05, 0.1) is 11.1 Å². The molecule has 0 bridgehead atoms. The number of hydrogen-bond donors (Lipinski definition) is 1. The molecule has 1 aromatic heterocycles. The molecule has 0 fully saturated rings. The van der Waals surface area contributed by atoms with E-state index in [4.69, 9.17) is 16.3 Å². The number of amides is 1. The third-order valence-corrected chi connectivity index (χ3v) is 5.23. The Kier molecular flexibility index (Phi) is 4.26. The van der Waals surface area contributed by atoms with E-state index >= 15 is 0 Å². The van der Waals surface area contributed by atoms with Crippen molar-refractivity contribution in [3.63, 3.8) is 0 Å². The highest BCUT2D eigenvalue weighted by Gasteiger charge is 2.22. The maximum absolute atomic E-state index is 12.4. The van der Waals surface area contributed by atoms with Crippen LogP contribution in [0.25, 0.3) is 10.4 Å². The van der Waals surface area contributed by atoms with E-state index in [2.05, 4.69) is 10.5 Å². The third-order valence-electron chi connectivity index (χ3n) is 3.78. The molecule has 1 amide bonds. The van der Waals surface area contributed by atoms with Crippen molar-refractivity contribution >= 4 is 35.1 Å². The Hall–Kier alpha value is -2.63. The van der Waals surface area contributed by atoms with Gasteiger partial charge in [0.1, 0.15) is 12.4 Å². The second kappa shape index (κ2) is 6.70. The zero-order chi connectivity index (χ0) is 17.2. The lowest BCUT2D eigenvalue weighted by Crippen LogP contribution is -2.16. The molecule has 0 saturated carbocycles. The lowest BCUT2D eigenvalue weighted by molar-refractivity contribution is 0.0959. The Balaban J connectivity index is 1.55. The molecular weight excluding hydrogens is 356 g/mol. The first kappa shape index (κ1) is 15.9. The smallest absolute Gasteiger partial charge is 0.281 e. The second-order valence-electron chi connectivity index (χ2n) is 5.50. The van der Waals surface area contributed by atoms with Gasteiger partial charge in [-0.05, 0) is 29.8 Å². The van der Waals surface area contributed by atoms with Crippen molar-refractivity contribution in [1.82, 2.24) is 5.43 Å². The zero-order valence-electron chi connectivity index (χ0n) is 13.0. The Morgan fingerprint density at radius 1 is 1.20 bits per heavy atom. The average molecular weight is 369 g/mol. The molecule has 2 heterocycles. The van der Waals surface area contributed by atoms with Crippen LogP contribution in [-0.4, -0.2) is 12.1 Å². The number of benzene rings is 2. The summed E-state index contributed by atoms with van der Waals surface area (Å²) in [7, 11) is 0. The molecule has 1 aliphatic rings. The van der Waals surface area contributed by atoms with Crippen LogP contribution >= 0.6 is 22.9 Å². The van der Waals surface area contributed by atoms with E-state index in [0.29, 0.717) is 16.5 Å². The Bertz CT molecular complexity index is 967. The van der Waals surface area contributed by atoms with Crippen molar-refractivity contribution in [1.29, 1.82) is 0 Å². The maximum Gasteiger partial charge on any atom is 0.281 e. The standard InChI is InChI=1S/C19H13ClN2O2S/c20-14-6-7-16-15(9-14)18-13(11-24-16)8-17(25-18)19(23)22-21-10-12-4-2-1-3-5-12/h1-10H,11H2,(H,22,23)/b21-10+. The number of nitrogens with zero attached hydrogens (tertiary/aromatic N) is 1. The first-order valence-electron chi connectivity index (χ1n) is 7.64. The number of carbonyl (C=O) groups is 1. The van der Waals surface area contributed by atoms with Crippen LogP contribution in [0.3, 0.4) is 0 Å². The van der Waals surface area contributed by atoms with Crippen molar-refractivity contribution in [3.05, 3.63) is 75.6 Å². The molecule has 1 N–H and O–H groups in total. The Morgan fingerprint density at radius 3 is 2.88 bits per heavy atom. The summed E-state index contributed by atoms with van der Waals surface area (Å²) in [5.41, 5.74) is 5.39. The fourth-order valence-electron chi connectivity index (χ4n) is 2.60. The van der Waals surface area contributed by atoms with Gasteiger partial charge in [-0.15, -0.1) is 11.3 Å². The highest BCUT2D eigenvalue weighted by molar-refractivity contribution is 7.17. The lowest BCUT2D eigenvalue weighted by Gasteiger charge is -2.17. The summed E-state index contributed by atoms with van der Waals surface area (Å²) in [4.78, 5) is 14.0. The first-order chi connectivity index (χ1) is 12.2. The van der Waals surface area contributed by atoms with Gasteiger partial charge in [0.25, 0.3) is 5.91 Å². The van der Waals surface area contributed by atoms with E-state index in [1.54, 1.807) is 12.3 Å². The number of halogens is 1. The summed E-state index contributed by atoms with van der Waals surface area (Å²) in [6.45, 7) is 0.445. The molecule has 1 aliphatic heterocycles. The molecule has 0 unspecified atom stereocenters. The highest BCUT2D eigenvalue weighted by Crippen LogP contribution is 2.43. The predicted octanol–water partition coefficient (Wildman–Crippen LogP) is 4.72. The predicted molar refractivity (Wildman–Crippen MR) is 101 cm³/mol. The van der Waals surface area contributed by atoms with Gasteiger partial charge < -0.3 is 4.74 Å². The van der Waals surface area contributed by atoms with Crippen LogP contribution in [0, 0.1) is 0 Å². The molecule has 4 rings (SSSR count). The molecule has 0 radical (unpaired) electrons. The summed E-state index contributed by atoms with van der Waals surface area (Å²) < 4.78 is 5.72. The topological polar surface area (TPSA) is 50.7 Å². The monoisotopic (exact) mass is 368 g/mol. The van der Waals surface area contributed by atoms with Crippen molar-refractivity contribution in [3.8, 4) is 16.2 Å². The summed E-state index contributed by atoms with van der Waals surface area (Å²) in [5.74, 6) is 0.544. The van der Waals surface area contributed by atoms with Crippen molar-refractivity contribution < 1.29 is 9.53 Å².